The number of benzene rings is 2. The van der Waals surface area contributed by atoms with E-state index in [1.54, 1.807) is 0 Å². The van der Waals surface area contributed by atoms with Crippen LogP contribution in [0.15, 0.2) is 42.5 Å². The second kappa shape index (κ2) is 6.38. The van der Waals surface area contributed by atoms with Crippen molar-refractivity contribution in [1.29, 1.82) is 0 Å². The largest absolute Gasteiger partial charge is 0.327 e. The topological polar surface area (TPSA) is 29.3 Å². The Bertz CT molecular complexity index is 541. The van der Waals surface area contributed by atoms with Gasteiger partial charge in [0.2, 0.25) is 0 Å². The molecule has 2 N–H and O–H groups in total. The van der Waals surface area contributed by atoms with Crippen molar-refractivity contribution in [2.75, 3.05) is 13.1 Å². The summed E-state index contributed by atoms with van der Waals surface area (Å²) in [6, 6.07) is 15.6. The van der Waals surface area contributed by atoms with Crippen molar-refractivity contribution < 1.29 is 0 Å². The van der Waals surface area contributed by atoms with Gasteiger partial charge in [0.25, 0.3) is 0 Å². The van der Waals surface area contributed by atoms with Gasteiger partial charge in [-0.15, -0.1) is 12.4 Å². The van der Waals surface area contributed by atoms with Crippen LogP contribution in [0.4, 0.5) is 0 Å². The average Bonchev–Trinajstić information content (AvgIpc) is 2.39. The van der Waals surface area contributed by atoms with Crippen LogP contribution in [-0.4, -0.2) is 24.0 Å². The highest BCUT2D eigenvalue weighted by Crippen LogP contribution is 2.18. The van der Waals surface area contributed by atoms with Gasteiger partial charge in [0.1, 0.15) is 0 Å². The van der Waals surface area contributed by atoms with Crippen molar-refractivity contribution >= 4 is 23.2 Å². The minimum Gasteiger partial charge on any atom is -0.327 e. The molecule has 1 atom stereocenters. The lowest BCUT2D eigenvalue weighted by molar-refractivity contribution is 0.201. The van der Waals surface area contributed by atoms with Gasteiger partial charge >= 0.3 is 0 Å². The van der Waals surface area contributed by atoms with Crippen LogP contribution in [0.2, 0.25) is 0 Å². The van der Waals surface area contributed by atoms with Crippen LogP contribution in [-0.2, 0) is 6.54 Å². The molecular weight excluding hydrogens is 256 g/mol. The van der Waals surface area contributed by atoms with Gasteiger partial charge in [0, 0.05) is 19.1 Å². The van der Waals surface area contributed by atoms with E-state index in [0.29, 0.717) is 6.04 Å². The molecular formula is C16H21ClN2. The summed E-state index contributed by atoms with van der Waals surface area (Å²) in [5, 5.41) is 2.65. The Morgan fingerprint density at radius 1 is 1.11 bits per heavy atom. The number of nitrogens with two attached hydrogens (primary N) is 1. The minimum atomic E-state index is 0. The first kappa shape index (κ1) is 14.3. The third kappa shape index (κ3) is 3.47. The first-order valence-corrected chi connectivity index (χ1v) is 6.77. The predicted molar refractivity (Wildman–Crippen MR) is 83.7 cm³/mol. The van der Waals surface area contributed by atoms with Crippen LogP contribution in [0.25, 0.3) is 10.8 Å². The molecule has 19 heavy (non-hydrogen) atoms. The monoisotopic (exact) mass is 276 g/mol. The summed E-state index contributed by atoms with van der Waals surface area (Å²) in [6.07, 6.45) is 2.41. The zero-order chi connectivity index (χ0) is 12.4. The molecule has 1 aliphatic rings. The number of rotatable bonds is 2. The molecule has 0 spiro atoms. The molecule has 0 aromatic heterocycles. The summed E-state index contributed by atoms with van der Waals surface area (Å²) < 4.78 is 0. The van der Waals surface area contributed by atoms with Gasteiger partial charge in [0.15, 0.2) is 0 Å². The van der Waals surface area contributed by atoms with Gasteiger partial charge in [-0.2, -0.15) is 0 Å². The maximum absolute atomic E-state index is 6.03. The Kier molecular flexibility index (Phi) is 4.81. The number of piperidine rings is 1. The third-order valence-electron chi connectivity index (χ3n) is 3.76. The van der Waals surface area contributed by atoms with Gasteiger partial charge in [-0.25, -0.2) is 0 Å². The van der Waals surface area contributed by atoms with Gasteiger partial charge < -0.3 is 5.73 Å². The maximum Gasteiger partial charge on any atom is 0.0234 e. The molecule has 102 valence electrons. The Morgan fingerprint density at radius 3 is 2.68 bits per heavy atom. The Balaban J connectivity index is 0.00000133. The van der Waals surface area contributed by atoms with Gasteiger partial charge in [-0.1, -0.05) is 36.4 Å². The summed E-state index contributed by atoms with van der Waals surface area (Å²) in [7, 11) is 0. The number of likely N-dealkylation sites (tertiary alicyclic amines) is 1. The molecule has 3 heteroatoms. The van der Waals surface area contributed by atoms with Crippen LogP contribution in [0, 0.1) is 0 Å². The molecule has 1 heterocycles. The first-order valence-electron chi connectivity index (χ1n) is 6.77. The predicted octanol–water partition coefficient (Wildman–Crippen LogP) is 3.18. The molecule has 0 bridgehead atoms. The Morgan fingerprint density at radius 2 is 1.89 bits per heavy atom. The number of fused-ring (bicyclic) bond motifs is 1. The molecule has 0 aliphatic carbocycles. The highest BCUT2D eigenvalue weighted by Gasteiger charge is 2.16. The summed E-state index contributed by atoms with van der Waals surface area (Å²) in [5.41, 5.74) is 7.42. The van der Waals surface area contributed by atoms with E-state index in [2.05, 4.69) is 47.4 Å². The van der Waals surface area contributed by atoms with Crippen molar-refractivity contribution in [1.82, 2.24) is 4.90 Å². The minimum absolute atomic E-state index is 0. The van der Waals surface area contributed by atoms with Crippen molar-refractivity contribution in [2.45, 2.75) is 25.4 Å². The molecule has 0 amide bonds. The summed E-state index contributed by atoms with van der Waals surface area (Å²) >= 11 is 0. The van der Waals surface area contributed by atoms with E-state index in [9.17, 15) is 0 Å². The van der Waals surface area contributed by atoms with Crippen LogP contribution >= 0.6 is 12.4 Å². The van der Waals surface area contributed by atoms with Gasteiger partial charge in [-0.3, -0.25) is 4.90 Å². The van der Waals surface area contributed by atoms with E-state index in [0.717, 1.165) is 13.1 Å². The first-order chi connectivity index (χ1) is 8.81. The van der Waals surface area contributed by atoms with Crippen molar-refractivity contribution in [2.24, 2.45) is 5.73 Å². The average molecular weight is 277 g/mol. The second-order valence-electron chi connectivity index (χ2n) is 5.32. The molecule has 2 nitrogen and oxygen atoms in total. The SMILES string of the molecule is Cl.NC1CCCN(Cc2ccc3ccccc3c2)C1. The van der Waals surface area contributed by atoms with Gasteiger partial charge in [-0.05, 0) is 41.8 Å². The maximum atomic E-state index is 6.03. The number of nitrogens with zero attached hydrogens (tertiary/aromatic N) is 1. The quantitative estimate of drug-likeness (QED) is 0.913. The van der Waals surface area contributed by atoms with E-state index < -0.39 is 0 Å². The van der Waals surface area contributed by atoms with Crippen LogP contribution in [0.3, 0.4) is 0 Å². The van der Waals surface area contributed by atoms with Crippen molar-refractivity contribution in [3.63, 3.8) is 0 Å². The lowest BCUT2D eigenvalue weighted by Crippen LogP contribution is -2.42. The van der Waals surface area contributed by atoms with Crippen LogP contribution < -0.4 is 5.73 Å². The molecule has 3 rings (SSSR count). The lowest BCUT2D eigenvalue weighted by Gasteiger charge is -2.30. The number of halogens is 1. The van der Waals surface area contributed by atoms with Crippen molar-refractivity contribution in [3.8, 4) is 0 Å². The zero-order valence-electron chi connectivity index (χ0n) is 11.1. The normalized spacial score (nSPS) is 20.2. The van der Waals surface area contributed by atoms with Crippen LogP contribution in [0.5, 0.6) is 0 Å². The van der Waals surface area contributed by atoms with E-state index in [4.69, 9.17) is 5.73 Å². The molecule has 1 saturated heterocycles. The lowest BCUT2D eigenvalue weighted by atomic mass is 10.0. The Hall–Kier alpha value is -1.09. The summed E-state index contributed by atoms with van der Waals surface area (Å²) in [5.74, 6) is 0. The van der Waals surface area contributed by atoms with E-state index in [1.165, 1.54) is 35.7 Å². The summed E-state index contributed by atoms with van der Waals surface area (Å²) in [4.78, 5) is 2.47. The fraction of sp³-hybridized carbons (Fsp3) is 0.375. The molecule has 1 unspecified atom stereocenters. The Labute approximate surface area is 121 Å². The molecule has 2 aromatic carbocycles. The van der Waals surface area contributed by atoms with Gasteiger partial charge in [0.05, 0.1) is 0 Å². The molecule has 2 aromatic rings. The fourth-order valence-electron chi connectivity index (χ4n) is 2.83. The highest BCUT2D eigenvalue weighted by molar-refractivity contribution is 5.85. The number of hydrogen-bond donors (Lipinski definition) is 1. The molecule has 0 saturated carbocycles. The smallest absolute Gasteiger partial charge is 0.0234 e. The van der Waals surface area contributed by atoms with E-state index >= 15 is 0 Å². The molecule has 1 aliphatic heterocycles. The fourth-order valence-corrected chi connectivity index (χ4v) is 2.83. The standard InChI is InChI=1S/C16H20N2.ClH/c17-16-6-3-9-18(12-16)11-13-7-8-14-4-1-2-5-15(14)10-13;/h1-2,4-5,7-8,10,16H,3,6,9,11-12,17H2;1H. The van der Waals surface area contributed by atoms with E-state index in [1.807, 2.05) is 0 Å². The molecule has 0 radical (unpaired) electrons. The van der Waals surface area contributed by atoms with Crippen LogP contribution in [0.1, 0.15) is 18.4 Å². The van der Waals surface area contributed by atoms with Crippen molar-refractivity contribution in [3.05, 3.63) is 48.0 Å². The third-order valence-corrected chi connectivity index (χ3v) is 3.76. The second-order valence-corrected chi connectivity index (χ2v) is 5.32. The number of hydrogen-bond acceptors (Lipinski definition) is 2. The summed E-state index contributed by atoms with van der Waals surface area (Å²) in [6.45, 7) is 3.24. The zero-order valence-corrected chi connectivity index (χ0v) is 11.9. The molecule has 1 fully saturated rings. The highest BCUT2D eigenvalue weighted by atomic mass is 35.5. The van der Waals surface area contributed by atoms with E-state index in [-0.39, 0.29) is 12.4 Å².